The van der Waals surface area contributed by atoms with Crippen molar-refractivity contribution in [2.24, 2.45) is 0 Å². The second kappa shape index (κ2) is 12.6. The second-order valence-electron chi connectivity index (χ2n) is 20.9. The quantitative estimate of drug-likeness (QED) is 0.167. The molecule has 2 fully saturated rings. The highest BCUT2D eigenvalue weighted by atomic mass is 16.7. The van der Waals surface area contributed by atoms with E-state index in [1.807, 2.05) is 0 Å². The minimum Gasteiger partial charge on any atom is -0.399 e. The lowest BCUT2D eigenvalue weighted by Gasteiger charge is -2.32. The molecule has 0 atom stereocenters. The van der Waals surface area contributed by atoms with Crippen LogP contribution < -0.4 is 10.9 Å². The Bertz CT molecular complexity index is 2530. The highest BCUT2D eigenvalue weighted by Crippen LogP contribution is 2.42. The Kier molecular flexibility index (Phi) is 8.50. The van der Waals surface area contributed by atoms with Crippen LogP contribution in [0.3, 0.4) is 0 Å². The maximum Gasteiger partial charge on any atom is 0.494 e. The van der Waals surface area contributed by atoms with E-state index in [9.17, 15) is 0 Å². The molecule has 7 aromatic rings. The Hall–Kier alpha value is -4.33. The number of nitrogens with zero attached hydrogens (tertiary/aromatic N) is 2. The summed E-state index contributed by atoms with van der Waals surface area (Å²) < 4.78 is 31.2. The molecule has 2 aliphatic rings. The highest BCUT2D eigenvalue weighted by Gasteiger charge is 2.53. The molecule has 9 rings (SSSR count). The maximum atomic E-state index is 6.58. The monoisotopic (exact) mass is 772 g/mol. The summed E-state index contributed by atoms with van der Waals surface area (Å²) in [5.74, 6) is 0. The fraction of sp³-hybridized carbons (Fsp3) is 0.400. The zero-order valence-electron chi connectivity index (χ0n) is 36.9. The Morgan fingerprint density at radius 1 is 0.379 bits per heavy atom. The topological polar surface area (TPSA) is 46.8 Å². The van der Waals surface area contributed by atoms with E-state index in [2.05, 4.69) is 203 Å². The van der Waals surface area contributed by atoms with Crippen LogP contribution in [0.2, 0.25) is 0 Å². The Morgan fingerprint density at radius 3 is 0.966 bits per heavy atom. The molecule has 0 saturated carbocycles. The van der Waals surface area contributed by atoms with Gasteiger partial charge in [-0.3, -0.25) is 0 Å². The van der Waals surface area contributed by atoms with Gasteiger partial charge in [0, 0.05) is 32.9 Å². The predicted octanol–water partition coefficient (Wildman–Crippen LogP) is 11.1. The van der Waals surface area contributed by atoms with Gasteiger partial charge in [-0.15, -0.1) is 0 Å². The van der Waals surface area contributed by atoms with Gasteiger partial charge in [0.2, 0.25) is 0 Å². The first-order chi connectivity index (χ1) is 27.0. The number of benzene rings is 5. The van der Waals surface area contributed by atoms with Gasteiger partial charge in [0.05, 0.1) is 44.5 Å². The molecular weight excluding hydrogens is 714 g/mol. The Labute approximate surface area is 345 Å². The van der Waals surface area contributed by atoms with Gasteiger partial charge in [-0.2, -0.15) is 0 Å². The van der Waals surface area contributed by atoms with Crippen LogP contribution in [0.5, 0.6) is 0 Å². The lowest BCUT2D eigenvalue weighted by atomic mass is 9.78. The van der Waals surface area contributed by atoms with E-state index in [-0.39, 0.29) is 10.8 Å². The fourth-order valence-corrected chi connectivity index (χ4v) is 8.59. The summed E-state index contributed by atoms with van der Waals surface area (Å²) in [6.45, 7) is 30.5. The molecule has 5 aromatic carbocycles. The van der Waals surface area contributed by atoms with Crippen molar-refractivity contribution in [2.45, 2.75) is 130 Å². The van der Waals surface area contributed by atoms with Crippen molar-refractivity contribution >= 4 is 68.8 Å². The van der Waals surface area contributed by atoms with Gasteiger partial charge < -0.3 is 27.8 Å². The van der Waals surface area contributed by atoms with Crippen LogP contribution in [0.25, 0.3) is 55.0 Å². The molecule has 8 heteroatoms. The standard InChI is InChI=1S/C50H58B2N2O4/c1-45(2,3)31-15-21-35(22-16-31)53-41-27-33(51-55-47(7,8)48(9,10)56-51)19-25-37(41)39-30-44-40(29-43(39)53)38-26-20-34(52-57-49(11,12)50(13,14)58-52)28-42(38)54(44)36-23-17-32(18-24-36)46(4,5)6/h15-30H,1-14H3. The van der Waals surface area contributed by atoms with Gasteiger partial charge >= 0.3 is 14.2 Å². The van der Waals surface area contributed by atoms with Gasteiger partial charge in [-0.25, -0.2) is 0 Å². The molecule has 0 spiro atoms. The third-order valence-corrected chi connectivity index (χ3v) is 13.7. The summed E-state index contributed by atoms with van der Waals surface area (Å²) >= 11 is 0. The predicted molar refractivity (Wildman–Crippen MR) is 244 cm³/mol. The van der Waals surface area contributed by atoms with Crippen LogP contribution >= 0.6 is 0 Å². The van der Waals surface area contributed by atoms with Crippen molar-refractivity contribution in [3.63, 3.8) is 0 Å². The van der Waals surface area contributed by atoms with E-state index in [0.29, 0.717) is 0 Å². The minimum atomic E-state index is -0.467. The highest BCUT2D eigenvalue weighted by molar-refractivity contribution is 6.63. The van der Waals surface area contributed by atoms with Gasteiger partial charge in [-0.1, -0.05) is 90.1 Å². The number of rotatable bonds is 4. The summed E-state index contributed by atoms with van der Waals surface area (Å²) in [7, 11) is -0.934. The molecule has 298 valence electrons. The van der Waals surface area contributed by atoms with Crippen LogP contribution in [0.1, 0.15) is 108 Å². The smallest absolute Gasteiger partial charge is 0.399 e. The number of hydrogen-bond acceptors (Lipinski definition) is 4. The maximum absolute atomic E-state index is 6.58. The minimum absolute atomic E-state index is 0.0429. The summed E-state index contributed by atoms with van der Waals surface area (Å²) in [5.41, 5.74) is 9.72. The lowest BCUT2D eigenvalue weighted by molar-refractivity contribution is 0.00578. The molecule has 0 N–H and O–H groups in total. The molecule has 58 heavy (non-hydrogen) atoms. The molecule has 2 aliphatic heterocycles. The SMILES string of the molecule is CC(C)(C)c1ccc(-n2c3cc(B4OC(C)(C)C(C)(C)O4)ccc3c3cc4c(cc32)c2ccc(B3OC(C)(C)C(C)(C)O3)cc2n4-c2ccc(C(C)(C)C)cc2)cc1. The van der Waals surface area contributed by atoms with Crippen molar-refractivity contribution in [3.8, 4) is 11.4 Å². The van der Waals surface area contributed by atoms with Crippen molar-refractivity contribution in [2.75, 3.05) is 0 Å². The normalized spacial score (nSPS) is 19.1. The fourth-order valence-electron chi connectivity index (χ4n) is 8.59. The van der Waals surface area contributed by atoms with Crippen LogP contribution in [0.4, 0.5) is 0 Å². The first-order valence-corrected chi connectivity index (χ1v) is 21.0. The Morgan fingerprint density at radius 2 is 0.672 bits per heavy atom. The zero-order chi connectivity index (χ0) is 41.5. The lowest BCUT2D eigenvalue weighted by Crippen LogP contribution is -2.41. The molecule has 0 unspecified atom stereocenters. The molecule has 2 aromatic heterocycles. The van der Waals surface area contributed by atoms with Crippen molar-refractivity contribution in [1.29, 1.82) is 0 Å². The number of aromatic nitrogens is 2. The third kappa shape index (κ3) is 6.08. The van der Waals surface area contributed by atoms with Gasteiger partial charge in [0.25, 0.3) is 0 Å². The first-order valence-electron chi connectivity index (χ1n) is 21.0. The molecule has 0 bridgehead atoms. The van der Waals surface area contributed by atoms with Crippen LogP contribution in [0, 0.1) is 0 Å². The average Bonchev–Trinajstić information content (AvgIpc) is 3.77. The number of hydrogen-bond donors (Lipinski definition) is 0. The van der Waals surface area contributed by atoms with Crippen molar-refractivity contribution in [3.05, 3.63) is 108 Å². The van der Waals surface area contributed by atoms with Gasteiger partial charge in [-0.05, 0) is 137 Å². The van der Waals surface area contributed by atoms with E-state index < -0.39 is 36.6 Å². The van der Waals surface area contributed by atoms with E-state index in [1.165, 1.54) is 32.7 Å². The molecule has 2 saturated heterocycles. The van der Waals surface area contributed by atoms with E-state index >= 15 is 0 Å². The van der Waals surface area contributed by atoms with Crippen LogP contribution in [0.15, 0.2) is 97.1 Å². The number of fused-ring (bicyclic) bond motifs is 6. The van der Waals surface area contributed by atoms with Crippen LogP contribution in [-0.2, 0) is 29.4 Å². The summed E-state index contributed by atoms with van der Waals surface area (Å²) in [5, 5.41) is 4.72. The zero-order valence-corrected chi connectivity index (χ0v) is 36.9. The molecule has 6 nitrogen and oxygen atoms in total. The molecule has 0 amide bonds. The van der Waals surface area contributed by atoms with Crippen molar-refractivity contribution < 1.29 is 18.6 Å². The third-order valence-electron chi connectivity index (χ3n) is 13.7. The molecule has 4 heterocycles. The molecular formula is C50H58B2N2O4. The largest absolute Gasteiger partial charge is 0.494 e. The molecule has 0 radical (unpaired) electrons. The first kappa shape index (κ1) is 39.1. The van der Waals surface area contributed by atoms with Crippen molar-refractivity contribution in [1.82, 2.24) is 9.13 Å². The van der Waals surface area contributed by atoms with Gasteiger partial charge in [0.15, 0.2) is 0 Å². The van der Waals surface area contributed by atoms with E-state index in [4.69, 9.17) is 18.6 Å². The van der Waals surface area contributed by atoms with Crippen LogP contribution in [-0.4, -0.2) is 45.8 Å². The second-order valence-corrected chi connectivity index (χ2v) is 20.9. The molecule has 0 aliphatic carbocycles. The summed E-state index contributed by atoms with van der Waals surface area (Å²) in [6, 6.07) is 36.4. The summed E-state index contributed by atoms with van der Waals surface area (Å²) in [6.07, 6.45) is 0. The summed E-state index contributed by atoms with van der Waals surface area (Å²) in [4.78, 5) is 0. The average molecular weight is 773 g/mol. The van der Waals surface area contributed by atoms with E-state index in [1.54, 1.807) is 0 Å². The Balaban J connectivity index is 1.31. The van der Waals surface area contributed by atoms with Gasteiger partial charge in [0.1, 0.15) is 0 Å². The van der Waals surface area contributed by atoms with E-state index in [0.717, 1.165) is 44.4 Å².